The smallest absolute Gasteiger partial charge is 0.741 e. The van der Waals surface area contributed by atoms with Crippen LogP contribution in [0.2, 0.25) is 0 Å². The molecule has 1 fully saturated rings. The van der Waals surface area contributed by atoms with E-state index in [-0.39, 0.29) is 19.5 Å². The van der Waals surface area contributed by atoms with Crippen LogP contribution in [-0.2, 0) is 39.7 Å². The van der Waals surface area contributed by atoms with Crippen molar-refractivity contribution in [3.05, 3.63) is 29.6 Å². The molecule has 0 saturated heterocycles. The zero-order chi connectivity index (χ0) is 21.9. The van der Waals surface area contributed by atoms with Crippen LogP contribution in [0.15, 0.2) is 0 Å². The predicted molar refractivity (Wildman–Crippen MR) is 76.1 cm³/mol. The molecule has 0 bridgehead atoms. The topological polar surface area (TPSA) is 114 Å². The van der Waals surface area contributed by atoms with Crippen molar-refractivity contribution < 1.29 is 71.8 Å². The molecule has 0 aromatic rings. The number of rotatable bonds is 0. The summed E-state index contributed by atoms with van der Waals surface area (Å²) in [6.45, 7) is 11.0. The van der Waals surface area contributed by atoms with Crippen LogP contribution < -0.4 is 0 Å². The molecule has 0 aromatic carbocycles. The third-order valence-corrected chi connectivity index (χ3v) is 4.51. The molecule has 0 atom stereocenters. The van der Waals surface area contributed by atoms with Gasteiger partial charge in [-0.05, 0) is 29.6 Å². The van der Waals surface area contributed by atoms with E-state index < -0.39 is 31.3 Å². The van der Waals surface area contributed by atoms with Crippen LogP contribution in [0, 0.1) is 29.6 Å². The molecule has 0 aliphatic heterocycles. The molecule has 1 rings (SSSR count). The second kappa shape index (κ2) is 10.7. The molecule has 1 aliphatic carbocycles. The van der Waals surface area contributed by atoms with Gasteiger partial charge < -0.3 is 9.11 Å². The monoisotopic (exact) mass is 536 g/mol. The normalized spacial score (nSPS) is 18.9. The molecule has 0 heterocycles. The van der Waals surface area contributed by atoms with E-state index in [9.17, 15) is 26.3 Å². The molecule has 161 valence electrons. The largest absolute Gasteiger partial charge is 3.00 e. The average Bonchev–Trinajstić information content (AvgIpc) is 2.54. The Labute approximate surface area is 167 Å². The van der Waals surface area contributed by atoms with E-state index in [1.807, 2.05) is 0 Å². The van der Waals surface area contributed by atoms with E-state index in [0.29, 0.717) is 0 Å². The Hall–Kier alpha value is 0.0234. The first-order valence-corrected chi connectivity index (χ1v) is 9.11. The predicted octanol–water partition coefficient (Wildman–Crippen LogP) is 3.07. The van der Waals surface area contributed by atoms with Crippen LogP contribution >= 0.6 is 0 Å². The van der Waals surface area contributed by atoms with Gasteiger partial charge in [-0.25, -0.2) is 16.8 Å². The van der Waals surface area contributed by atoms with Crippen molar-refractivity contribution >= 4 is 20.2 Å². The molecule has 0 spiro atoms. The number of alkyl halides is 6. The van der Waals surface area contributed by atoms with E-state index in [1.165, 1.54) is 29.6 Å². The summed E-state index contributed by atoms with van der Waals surface area (Å²) in [6, 6.07) is 0. The zero-order valence-electron chi connectivity index (χ0n) is 14.4. The van der Waals surface area contributed by atoms with E-state index in [0.717, 1.165) is 0 Å². The Morgan fingerprint density at radius 1 is 0.556 bits per heavy atom. The first kappa shape index (κ1) is 31.7. The summed E-state index contributed by atoms with van der Waals surface area (Å²) in [4.78, 5) is 0. The van der Waals surface area contributed by atoms with Gasteiger partial charge in [0.05, 0.1) is 0 Å². The second-order valence-electron chi connectivity index (χ2n) is 4.92. The van der Waals surface area contributed by atoms with Crippen molar-refractivity contribution in [3.63, 3.8) is 0 Å². The molecule has 0 aromatic heterocycles. The standard InChI is InChI=1S/C10H15.2CHF3O3S.Rh/c1-6-7(2)9(4)10(5)8(6)3;2*2-1(3,4)8(5,6)7;/h1-5H3;2*(H,5,6,7);/q;;;+3/p-2. The van der Waals surface area contributed by atoms with Crippen LogP contribution in [0.4, 0.5) is 26.3 Å². The fourth-order valence-electron chi connectivity index (χ4n) is 1.41. The molecule has 0 amide bonds. The number of halogens is 6. The van der Waals surface area contributed by atoms with Crippen LogP contribution in [0.5, 0.6) is 0 Å². The minimum Gasteiger partial charge on any atom is -0.741 e. The van der Waals surface area contributed by atoms with Gasteiger partial charge in [0.15, 0.2) is 20.2 Å². The number of hydrogen-bond donors (Lipinski definition) is 0. The molecular formula is C12H15F6O6RhS2+. The molecule has 0 N–H and O–H groups in total. The molecule has 27 heavy (non-hydrogen) atoms. The van der Waals surface area contributed by atoms with Crippen LogP contribution in [0.1, 0.15) is 34.6 Å². The first-order valence-electron chi connectivity index (χ1n) is 6.29. The molecule has 0 unspecified atom stereocenters. The molecular weight excluding hydrogens is 521 g/mol. The van der Waals surface area contributed by atoms with Gasteiger partial charge in [-0.2, -0.15) is 26.3 Å². The van der Waals surface area contributed by atoms with E-state index in [1.54, 1.807) is 0 Å². The molecule has 6 nitrogen and oxygen atoms in total. The van der Waals surface area contributed by atoms with Crippen LogP contribution in [0.25, 0.3) is 0 Å². The van der Waals surface area contributed by atoms with Crippen LogP contribution in [-0.4, -0.2) is 37.0 Å². The summed E-state index contributed by atoms with van der Waals surface area (Å²) in [5.41, 5.74) is -11.3. The third kappa shape index (κ3) is 10.4. The maximum Gasteiger partial charge on any atom is 3.00 e. The van der Waals surface area contributed by atoms with Gasteiger partial charge in [0.1, 0.15) is 0 Å². The Morgan fingerprint density at radius 2 is 0.630 bits per heavy atom. The summed E-state index contributed by atoms with van der Waals surface area (Å²) in [5, 5.41) is 0. The van der Waals surface area contributed by atoms with E-state index in [2.05, 4.69) is 34.6 Å². The SMILES string of the molecule is C[C]1[C](C)[C](C)[C](C)[C]1C.O=S(=O)([O-])C(F)(F)F.O=S(=O)([O-])C(F)(F)F.[Rh+3]. The molecule has 1 aliphatic rings. The Morgan fingerprint density at radius 3 is 0.667 bits per heavy atom. The Bertz CT molecular complexity index is 559. The maximum atomic E-state index is 10.7. The van der Waals surface area contributed by atoms with E-state index in [4.69, 9.17) is 25.9 Å². The fraction of sp³-hybridized carbons (Fsp3) is 0.583. The summed E-state index contributed by atoms with van der Waals surface area (Å²) >= 11 is 0. The van der Waals surface area contributed by atoms with E-state index >= 15 is 0 Å². The van der Waals surface area contributed by atoms with Gasteiger partial charge in [0, 0.05) is 0 Å². The van der Waals surface area contributed by atoms with Crippen molar-refractivity contribution in [1.82, 2.24) is 0 Å². The molecule has 15 heteroatoms. The van der Waals surface area contributed by atoms with Gasteiger partial charge >= 0.3 is 30.5 Å². The van der Waals surface area contributed by atoms with Gasteiger partial charge in [0.25, 0.3) is 0 Å². The molecule has 1 saturated carbocycles. The Kier molecular flexibility index (Phi) is 12.6. The minimum atomic E-state index is -6.09. The number of hydrogen-bond acceptors (Lipinski definition) is 6. The fourth-order valence-corrected chi connectivity index (χ4v) is 1.41. The minimum absolute atomic E-state index is 0. The third-order valence-electron chi connectivity index (χ3n) is 3.38. The van der Waals surface area contributed by atoms with Crippen LogP contribution in [0.3, 0.4) is 0 Å². The van der Waals surface area contributed by atoms with Crippen molar-refractivity contribution in [3.8, 4) is 0 Å². The summed E-state index contributed by atoms with van der Waals surface area (Å²) < 4.78 is 118. The van der Waals surface area contributed by atoms with Crippen molar-refractivity contribution in [2.24, 2.45) is 0 Å². The van der Waals surface area contributed by atoms with Gasteiger partial charge in [-0.3, -0.25) is 0 Å². The quantitative estimate of drug-likeness (QED) is 0.204. The van der Waals surface area contributed by atoms with Crippen molar-refractivity contribution in [2.75, 3.05) is 0 Å². The van der Waals surface area contributed by atoms with Gasteiger partial charge in [0.2, 0.25) is 0 Å². The molecule has 5 radical (unpaired) electrons. The summed E-state index contributed by atoms with van der Waals surface area (Å²) in [6.07, 6.45) is 0. The maximum absolute atomic E-state index is 10.7. The first-order chi connectivity index (χ1) is 11.1. The zero-order valence-corrected chi connectivity index (χ0v) is 17.6. The average molecular weight is 536 g/mol. The Balaban J connectivity index is -0.000000318. The summed E-state index contributed by atoms with van der Waals surface area (Å²) in [7, 11) is -12.2. The van der Waals surface area contributed by atoms with Crippen molar-refractivity contribution in [2.45, 2.75) is 45.6 Å². The second-order valence-corrected chi connectivity index (χ2v) is 7.67. The summed E-state index contributed by atoms with van der Waals surface area (Å²) in [5.74, 6) is 7.34. The van der Waals surface area contributed by atoms with Gasteiger partial charge in [-0.1, -0.05) is 34.6 Å². The van der Waals surface area contributed by atoms with Crippen molar-refractivity contribution in [1.29, 1.82) is 0 Å². The van der Waals surface area contributed by atoms with Gasteiger partial charge in [-0.15, -0.1) is 0 Å².